The Morgan fingerprint density at radius 2 is 1.17 bits per heavy atom. The van der Waals surface area contributed by atoms with Gasteiger partial charge in [0.15, 0.2) is 6.29 Å². The maximum absolute atomic E-state index is 14.4. The molecular weight excluding hydrogens is 594 g/mol. The van der Waals surface area contributed by atoms with Crippen molar-refractivity contribution in [3.63, 3.8) is 0 Å². The van der Waals surface area contributed by atoms with Gasteiger partial charge in [-0.15, -0.1) is 6.58 Å². The van der Waals surface area contributed by atoms with Crippen LogP contribution in [0, 0.1) is 17.0 Å². The highest BCUT2D eigenvalue weighted by Gasteiger charge is 2.21. The third-order valence-electron chi connectivity index (χ3n) is 7.25. The molecule has 4 aromatic rings. The summed E-state index contributed by atoms with van der Waals surface area (Å²) in [6, 6.07) is 18.4. The molecule has 9 heteroatoms. The second kappa shape index (κ2) is 15.6. The molecule has 0 spiro atoms. The molecule has 46 heavy (non-hydrogen) atoms. The molecule has 4 rings (SSSR count). The van der Waals surface area contributed by atoms with Gasteiger partial charge >= 0.3 is 11.9 Å². The molecule has 0 radical (unpaired) electrons. The highest BCUT2D eigenvalue weighted by molar-refractivity contribution is 5.95. The number of carbonyl (C=O) groups is 3. The van der Waals surface area contributed by atoms with E-state index in [4.69, 9.17) is 14.2 Å². The predicted molar refractivity (Wildman–Crippen MR) is 173 cm³/mol. The lowest BCUT2D eigenvalue weighted by molar-refractivity contribution is 0.0591. The number of rotatable bonds is 10. The summed E-state index contributed by atoms with van der Waals surface area (Å²) in [6.07, 6.45) is 3.03. The molecule has 7 nitrogen and oxygen atoms in total. The molecule has 0 amide bonds. The number of hydrogen-bond acceptors (Lipinski definition) is 7. The average molecular weight is 631 g/mol. The van der Waals surface area contributed by atoms with Crippen molar-refractivity contribution in [1.29, 1.82) is 0 Å². The average Bonchev–Trinajstić information content (AvgIpc) is 3.08. The highest BCUT2D eigenvalue weighted by atomic mass is 19.1. The number of carbonyl (C=O) groups excluding carboxylic acids is 3. The summed E-state index contributed by atoms with van der Waals surface area (Å²) >= 11 is 0. The maximum atomic E-state index is 14.4. The third-order valence-corrected chi connectivity index (χ3v) is 7.25. The van der Waals surface area contributed by atoms with Crippen LogP contribution in [0.3, 0.4) is 0 Å². The Bertz CT molecular complexity index is 1740. The van der Waals surface area contributed by atoms with Crippen LogP contribution in [-0.2, 0) is 15.9 Å². The van der Waals surface area contributed by atoms with E-state index in [-0.39, 0.29) is 27.9 Å². The minimum absolute atomic E-state index is 0.199. The van der Waals surface area contributed by atoms with Crippen molar-refractivity contribution >= 4 is 18.2 Å². The summed E-state index contributed by atoms with van der Waals surface area (Å²) in [5.74, 6) is -0.761. The number of halogens is 2. The van der Waals surface area contributed by atoms with E-state index in [1.807, 2.05) is 19.9 Å². The summed E-state index contributed by atoms with van der Waals surface area (Å²) in [6.45, 7) is 7.94. The van der Waals surface area contributed by atoms with Gasteiger partial charge in [-0.25, -0.2) is 18.4 Å². The van der Waals surface area contributed by atoms with Crippen molar-refractivity contribution < 1.29 is 42.1 Å². The first-order valence-corrected chi connectivity index (χ1v) is 14.1. The van der Waals surface area contributed by atoms with Crippen LogP contribution in [0.2, 0.25) is 0 Å². The van der Waals surface area contributed by atoms with Crippen molar-refractivity contribution in [2.75, 3.05) is 28.4 Å². The Morgan fingerprint density at radius 1 is 0.696 bits per heavy atom. The third kappa shape index (κ3) is 8.44. The van der Waals surface area contributed by atoms with Gasteiger partial charge < -0.3 is 18.9 Å². The van der Waals surface area contributed by atoms with E-state index in [1.165, 1.54) is 63.8 Å². The van der Waals surface area contributed by atoms with E-state index in [0.29, 0.717) is 40.9 Å². The largest absolute Gasteiger partial charge is 0.497 e. The molecule has 0 unspecified atom stereocenters. The van der Waals surface area contributed by atoms with Crippen LogP contribution in [0.5, 0.6) is 11.5 Å². The van der Waals surface area contributed by atoms with Gasteiger partial charge in [0.25, 0.3) is 0 Å². The van der Waals surface area contributed by atoms with Crippen LogP contribution in [0.15, 0.2) is 85.5 Å². The zero-order chi connectivity index (χ0) is 34.0. The van der Waals surface area contributed by atoms with Gasteiger partial charge in [-0.05, 0) is 89.2 Å². The molecule has 4 aromatic carbocycles. The number of benzene rings is 4. The Kier molecular flexibility index (Phi) is 11.9. The quantitative estimate of drug-likeness (QED) is 0.0993. The second-order valence-electron chi connectivity index (χ2n) is 10.8. The van der Waals surface area contributed by atoms with E-state index in [9.17, 15) is 23.2 Å². The lowest BCUT2D eigenvalue weighted by Gasteiger charge is -2.22. The van der Waals surface area contributed by atoms with Crippen molar-refractivity contribution in [3.8, 4) is 33.8 Å². The smallest absolute Gasteiger partial charge is 0.337 e. The summed E-state index contributed by atoms with van der Waals surface area (Å²) < 4.78 is 48.1. The SMILES string of the molecule is C=CC(C)(C)Cc1cc(C(=O)OC)ccc1-c1cc(OC)ccc1F.COC(=O)c1ccc(-c2cc(OC)ccc2F)c(C=O)c1. The van der Waals surface area contributed by atoms with Gasteiger partial charge in [-0.2, -0.15) is 0 Å². The van der Waals surface area contributed by atoms with Crippen LogP contribution in [0.1, 0.15) is 50.5 Å². The van der Waals surface area contributed by atoms with Crippen molar-refractivity contribution in [3.05, 3.63) is 119 Å². The monoisotopic (exact) mass is 630 g/mol. The molecule has 0 fully saturated rings. The van der Waals surface area contributed by atoms with Gasteiger partial charge in [-0.1, -0.05) is 32.1 Å². The number of allylic oxidation sites excluding steroid dienone is 1. The minimum atomic E-state index is -0.559. The van der Waals surface area contributed by atoms with Gasteiger partial charge in [0.05, 0.1) is 39.6 Å². The first-order chi connectivity index (χ1) is 21.9. The molecule has 0 N–H and O–H groups in total. The summed E-state index contributed by atoms with van der Waals surface area (Å²) in [4.78, 5) is 34.6. The zero-order valence-electron chi connectivity index (χ0n) is 26.6. The molecule has 0 heterocycles. The normalized spacial score (nSPS) is 10.6. The highest BCUT2D eigenvalue weighted by Crippen LogP contribution is 2.35. The van der Waals surface area contributed by atoms with Crippen LogP contribution < -0.4 is 9.47 Å². The van der Waals surface area contributed by atoms with Crippen LogP contribution in [-0.4, -0.2) is 46.7 Å². The maximum Gasteiger partial charge on any atom is 0.337 e. The molecule has 0 aromatic heterocycles. The van der Waals surface area contributed by atoms with Crippen molar-refractivity contribution in [2.24, 2.45) is 5.41 Å². The second-order valence-corrected chi connectivity index (χ2v) is 10.8. The lowest BCUT2D eigenvalue weighted by atomic mass is 9.82. The molecule has 0 bridgehead atoms. The molecule has 240 valence electrons. The van der Waals surface area contributed by atoms with E-state index in [2.05, 4.69) is 11.3 Å². The van der Waals surface area contributed by atoms with E-state index < -0.39 is 17.8 Å². The van der Waals surface area contributed by atoms with E-state index in [0.717, 1.165) is 11.1 Å². The summed E-state index contributed by atoms with van der Waals surface area (Å²) in [7, 11) is 5.60. The first-order valence-electron chi connectivity index (χ1n) is 14.1. The predicted octanol–water partition coefficient (Wildman–Crippen LogP) is 8.14. The molecule has 0 aliphatic rings. The zero-order valence-corrected chi connectivity index (χ0v) is 26.6. The number of ether oxygens (including phenoxy) is 4. The fourth-order valence-electron chi connectivity index (χ4n) is 4.64. The summed E-state index contributed by atoms with van der Waals surface area (Å²) in [5.41, 5.74) is 3.27. The summed E-state index contributed by atoms with van der Waals surface area (Å²) in [5, 5.41) is 0. The molecule has 0 saturated heterocycles. The van der Waals surface area contributed by atoms with Gasteiger partial charge in [0.2, 0.25) is 0 Å². The van der Waals surface area contributed by atoms with Crippen LogP contribution >= 0.6 is 0 Å². The molecular formula is C37H36F2O7. The minimum Gasteiger partial charge on any atom is -0.497 e. The van der Waals surface area contributed by atoms with Gasteiger partial charge in [0, 0.05) is 16.7 Å². The lowest BCUT2D eigenvalue weighted by Crippen LogP contribution is -2.13. The topological polar surface area (TPSA) is 88.1 Å². The fourth-order valence-corrected chi connectivity index (χ4v) is 4.64. The number of esters is 2. The Hall–Kier alpha value is -5.31. The molecule has 0 saturated carbocycles. The molecule has 0 aliphatic carbocycles. The molecule has 0 aliphatic heterocycles. The van der Waals surface area contributed by atoms with Crippen molar-refractivity contribution in [2.45, 2.75) is 20.3 Å². The van der Waals surface area contributed by atoms with Crippen LogP contribution in [0.25, 0.3) is 22.3 Å². The number of aldehydes is 1. The van der Waals surface area contributed by atoms with Gasteiger partial charge in [0.1, 0.15) is 23.1 Å². The number of methoxy groups -OCH3 is 4. The fraction of sp³-hybridized carbons (Fsp3) is 0.216. The standard InChI is InChI=1S/C21H23FO3.C16H13FO4/c1-6-21(2,3)13-15-11-14(20(23)25-5)7-9-17(15)18-12-16(24-4)8-10-19(18)22;1-20-12-4-6-15(17)14(8-12)13-5-3-10(16(19)21-2)7-11(13)9-18/h6-12H,1,13H2,2-5H3;3-9H,1-2H3. The Balaban J connectivity index is 0.000000254. The van der Waals surface area contributed by atoms with E-state index >= 15 is 0 Å². The Labute approximate surface area is 267 Å². The number of hydrogen-bond donors (Lipinski definition) is 0. The first kappa shape index (κ1) is 35.2. The van der Waals surface area contributed by atoms with Gasteiger partial charge in [-0.3, -0.25) is 4.79 Å². The van der Waals surface area contributed by atoms with Crippen LogP contribution in [0.4, 0.5) is 8.78 Å². The molecule has 0 atom stereocenters. The van der Waals surface area contributed by atoms with Crippen molar-refractivity contribution in [1.82, 2.24) is 0 Å². The van der Waals surface area contributed by atoms with E-state index in [1.54, 1.807) is 37.4 Å². The Morgan fingerprint density at radius 3 is 1.63 bits per heavy atom.